The van der Waals surface area contributed by atoms with Crippen LogP contribution in [0, 0.1) is 6.92 Å². The SMILES string of the molecule is CCc1nc(-c2cc(Br)ccc2C)[nH]c(=O)c1Br. The molecule has 0 spiro atoms. The molecule has 0 atom stereocenters. The molecule has 94 valence electrons. The molecule has 0 saturated heterocycles. The molecule has 0 unspecified atom stereocenters. The summed E-state index contributed by atoms with van der Waals surface area (Å²) < 4.78 is 1.48. The highest BCUT2D eigenvalue weighted by molar-refractivity contribution is 9.10. The molecule has 3 nitrogen and oxygen atoms in total. The molecule has 1 aromatic heterocycles. The topological polar surface area (TPSA) is 45.8 Å². The molecule has 18 heavy (non-hydrogen) atoms. The summed E-state index contributed by atoms with van der Waals surface area (Å²) in [6.07, 6.45) is 0.713. The third-order valence-corrected chi connectivity index (χ3v) is 4.03. The number of nitrogens with one attached hydrogen (secondary N) is 1. The maximum Gasteiger partial charge on any atom is 0.265 e. The third-order valence-electron chi connectivity index (χ3n) is 2.72. The van der Waals surface area contributed by atoms with Gasteiger partial charge in [-0.25, -0.2) is 4.98 Å². The van der Waals surface area contributed by atoms with Crippen LogP contribution in [0.5, 0.6) is 0 Å². The van der Waals surface area contributed by atoms with Crippen molar-refractivity contribution in [1.82, 2.24) is 9.97 Å². The first-order valence-electron chi connectivity index (χ1n) is 5.58. The van der Waals surface area contributed by atoms with E-state index < -0.39 is 0 Å². The van der Waals surface area contributed by atoms with E-state index in [1.165, 1.54) is 0 Å². The number of aromatic nitrogens is 2. The van der Waals surface area contributed by atoms with Crippen LogP contribution in [-0.4, -0.2) is 9.97 Å². The first-order valence-corrected chi connectivity index (χ1v) is 7.16. The molecule has 2 rings (SSSR count). The minimum Gasteiger partial charge on any atom is -0.306 e. The fraction of sp³-hybridized carbons (Fsp3) is 0.231. The van der Waals surface area contributed by atoms with Gasteiger partial charge in [-0.05, 0) is 47.0 Å². The second-order valence-corrected chi connectivity index (χ2v) is 5.70. The predicted molar refractivity (Wildman–Crippen MR) is 79.8 cm³/mol. The summed E-state index contributed by atoms with van der Waals surface area (Å²) in [7, 11) is 0. The minimum atomic E-state index is -0.142. The van der Waals surface area contributed by atoms with Crippen LogP contribution in [0.1, 0.15) is 18.2 Å². The molecule has 0 bridgehead atoms. The van der Waals surface area contributed by atoms with Gasteiger partial charge >= 0.3 is 0 Å². The van der Waals surface area contributed by atoms with Crippen LogP contribution in [0.4, 0.5) is 0 Å². The molecule has 1 N–H and O–H groups in total. The zero-order chi connectivity index (χ0) is 13.3. The van der Waals surface area contributed by atoms with Crippen LogP contribution >= 0.6 is 31.9 Å². The highest BCUT2D eigenvalue weighted by atomic mass is 79.9. The van der Waals surface area contributed by atoms with Gasteiger partial charge in [-0.15, -0.1) is 0 Å². The van der Waals surface area contributed by atoms with Gasteiger partial charge in [-0.1, -0.05) is 28.9 Å². The maximum atomic E-state index is 11.8. The van der Waals surface area contributed by atoms with Crippen LogP contribution in [0.2, 0.25) is 0 Å². The minimum absolute atomic E-state index is 0.142. The zero-order valence-corrected chi connectivity index (χ0v) is 13.2. The molecule has 0 aliphatic rings. The van der Waals surface area contributed by atoms with Gasteiger partial charge in [0, 0.05) is 10.0 Å². The first kappa shape index (κ1) is 13.5. The molecule has 2 aromatic rings. The van der Waals surface area contributed by atoms with Crippen molar-refractivity contribution < 1.29 is 0 Å². The Morgan fingerprint density at radius 3 is 2.72 bits per heavy atom. The van der Waals surface area contributed by atoms with Gasteiger partial charge in [0.25, 0.3) is 5.56 Å². The van der Waals surface area contributed by atoms with Crippen molar-refractivity contribution in [1.29, 1.82) is 0 Å². The van der Waals surface area contributed by atoms with Crippen LogP contribution < -0.4 is 5.56 Å². The van der Waals surface area contributed by atoms with Gasteiger partial charge in [0.15, 0.2) is 0 Å². The standard InChI is InChI=1S/C13H12Br2N2O/c1-3-10-11(15)13(18)17-12(16-10)9-6-8(14)5-4-7(9)2/h4-6H,3H2,1-2H3,(H,16,17,18). The Kier molecular flexibility index (Phi) is 4.02. The monoisotopic (exact) mass is 370 g/mol. The lowest BCUT2D eigenvalue weighted by molar-refractivity contribution is 0.969. The van der Waals surface area contributed by atoms with Gasteiger partial charge in [-0.2, -0.15) is 0 Å². The number of hydrogen-bond donors (Lipinski definition) is 1. The van der Waals surface area contributed by atoms with E-state index in [1.807, 2.05) is 32.0 Å². The quantitative estimate of drug-likeness (QED) is 0.871. The highest BCUT2D eigenvalue weighted by Gasteiger charge is 2.10. The molecule has 1 aromatic carbocycles. The first-order chi connectivity index (χ1) is 8.52. The zero-order valence-electron chi connectivity index (χ0n) is 10.1. The van der Waals surface area contributed by atoms with E-state index >= 15 is 0 Å². The number of hydrogen-bond acceptors (Lipinski definition) is 2. The van der Waals surface area contributed by atoms with E-state index in [-0.39, 0.29) is 5.56 Å². The van der Waals surface area contributed by atoms with Gasteiger partial charge in [0.1, 0.15) is 10.3 Å². The van der Waals surface area contributed by atoms with E-state index in [0.29, 0.717) is 16.7 Å². The fourth-order valence-corrected chi connectivity index (χ4v) is 2.55. The van der Waals surface area contributed by atoms with Gasteiger partial charge in [0.2, 0.25) is 0 Å². The second kappa shape index (κ2) is 5.36. The number of nitrogens with zero attached hydrogens (tertiary/aromatic N) is 1. The molecule has 0 fully saturated rings. The number of rotatable bonds is 2. The molecule has 0 radical (unpaired) electrons. The lowest BCUT2D eigenvalue weighted by Gasteiger charge is -2.08. The summed E-state index contributed by atoms with van der Waals surface area (Å²) in [5.41, 5.74) is 2.64. The lowest BCUT2D eigenvalue weighted by Crippen LogP contribution is -2.13. The van der Waals surface area contributed by atoms with Crippen LogP contribution in [0.3, 0.4) is 0 Å². The Morgan fingerprint density at radius 2 is 2.06 bits per heavy atom. The Morgan fingerprint density at radius 1 is 1.33 bits per heavy atom. The largest absolute Gasteiger partial charge is 0.306 e. The van der Waals surface area contributed by atoms with Gasteiger partial charge in [0.05, 0.1) is 5.69 Å². The molecule has 0 aliphatic heterocycles. The van der Waals surface area contributed by atoms with Gasteiger partial charge in [-0.3, -0.25) is 4.79 Å². The average Bonchev–Trinajstić information content (AvgIpc) is 2.35. The van der Waals surface area contributed by atoms with Crippen LogP contribution in [0.15, 0.2) is 31.9 Å². The molecular formula is C13H12Br2N2O. The predicted octanol–water partition coefficient (Wildman–Crippen LogP) is 3.83. The van der Waals surface area contributed by atoms with Crippen LogP contribution in [-0.2, 0) is 6.42 Å². The maximum absolute atomic E-state index is 11.8. The van der Waals surface area contributed by atoms with E-state index in [9.17, 15) is 4.79 Å². The van der Waals surface area contributed by atoms with Crippen molar-refractivity contribution in [3.05, 3.63) is 48.8 Å². The second-order valence-electron chi connectivity index (χ2n) is 3.99. The van der Waals surface area contributed by atoms with Crippen molar-refractivity contribution in [3.63, 3.8) is 0 Å². The number of halogens is 2. The summed E-state index contributed by atoms with van der Waals surface area (Å²) >= 11 is 6.70. The van der Waals surface area contributed by atoms with Crippen molar-refractivity contribution in [2.45, 2.75) is 20.3 Å². The fourth-order valence-electron chi connectivity index (χ4n) is 1.72. The molecule has 5 heteroatoms. The summed E-state index contributed by atoms with van der Waals surface area (Å²) in [6, 6.07) is 5.92. The Labute approximate surface area is 122 Å². The third kappa shape index (κ3) is 2.57. The van der Waals surface area contributed by atoms with E-state index in [1.54, 1.807) is 0 Å². The Bertz CT molecular complexity index is 650. The number of benzene rings is 1. The van der Waals surface area contributed by atoms with Crippen molar-refractivity contribution in [2.24, 2.45) is 0 Å². The summed E-state index contributed by atoms with van der Waals surface area (Å²) in [5, 5.41) is 0. The van der Waals surface area contributed by atoms with Crippen molar-refractivity contribution >= 4 is 31.9 Å². The Hall–Kier alpha value is -0.940. The summed E-state index contributed by atoms with van der Waals surface area (Å²) in [5.74, 6) is 0.610. The average molecular weight is 372 g/mol. The van der Waals surface area contributed by atoms with Crippen LogP contribution in [0.25, 0.3) is 11.4 Å². The van der Waals surface area contributed by atoms with Crippen molar-refractivity contribution in [2.75, 3.05) is 0 Å². The van der Waals surface area contributed by atoms with E-state index in [2.05, 4.69) is 41.8 Å². The normalized spacial score (nSPS) is 10.7. The molecule has 1 heterocycles. The van der Waals surface area contributed by atoms with E-state index in [4.69, 9.17) is 0 Å². The van der Waals surface area contributed by atoms with Crippen molar-refractivity contribution in [3.8, 4) is 11.4 Å². The number of aromatic amines is 1. The number of H-pyrrole nitrogens is 1. The molecule has 0 aliphatic carbocycles. The summed E-state index contributed by atoms with van der Waals surface area (Å²) in [4.78, 5) is 19.1. The smallest absolute Gasteiger partial charge is 0.265 e. The lowest BCUT2D eigenvalue weighted by atomic mass is 10.1. The summed E-state index contributed by atoms with van der Waals surface area (Å²) in [6.45, 7) is 3.97. The molecule has 0 amide bonds. The highest BCUT2D eigenvalue weighted by Crippen LogP contribution is 2.24. The molecule has 0 saturated carbocycles. The number of aryl methyl sites for hydroxylation is 2. The van der Waals surface area contributed by atoms with Gasteiger partial charge < -0.3 is 4.98 Å². The van der Waals surface area contributed by atoms with E-state index in [0.717, 1.165) is 21.3 Å². The Balaban J connectivity index is 2.68. The molecular weight excluding hydrogens is 360 g/mol.